The highest BCUT2D eigenvalue weighted by atomic mass is 16.5. The molecule has 0 saturated carbocycles. The molecule has 0 fully saturated rings. The minimum Gasteiger partial charge on any atom is -0.462 e. The standard InChI is InChI=1S/C21H28N4O2/c1-4-6-9-12-25-19(22)17(21(26)27-13-14(3)5-2)18-20(25)24-16-11-8-7-10-15(16)23-18/h7-8,10-11,14H,4-6,9,12-13,22H2,1-3H3/t14-/m0/s1. The van der Waals surface area contributed by atoms with Gasteiger partial charge in [0, 0.05) is 6.54 Å². The molecule has 2 heterocycles. The third-order valence-electron chi connectivity index (χ3n) is 4.98. The summed E-state index contributed by atoms with van der Waals surface area (Å²) in [7, 11) is 0. The van der Waals surface area contributed by atoms with Crippen molar-refractivity contribution in [3.05, 3.63) is 29.8 Å². The van der Waals surface area contributed by atoms with Crippen molar-refractivity contribution in [3.63, 3.8) is 0 Å². The zero-order valence-corrected chi connectivity index (χ0v) is 16.4. The number of hydrogen-bond donors (Lipinski definition) is 1. The smallest absolute Gasteiger partial charge is 0.344 e. The van der Waals surface area contributed by atoms with E-state index in [1.54, 1.807) is 0 Å². The Balaban J connectivity index is 2.08. The average Bonchev–Trinajstić information content (AvgIpc) is 2.95. The van der Waals surface area contributed by atoms with Gasteiger partial charge in [0.2, 0.25) is 0 Å². The average molecular weight is 368 g/mol. The number of fused-ring (bicyclic) bond motifs is 2. The number of esters is 1. The zero-order chi connectivity index (χ0) is 19.4. The van der Waals surface area contributed by atoms with Crippen LogP contribution in [0, 0.1) is 5.92 Å². The molecule has 0 saturated heterocycles. The Labute approximate surface area is 159 Å². The summed E-state index contributed by atoms with van der Waals surface area (Å²) in [5, 5.41) is 0. The lowest BCUT2D eigenvalue weighted by atomic mass is 10.1. The summed E-state index contributed by atoms with van der Waals surface area (Å²) in [6.45, 7) is 7.37. The van der Waals surface area contributed by atoms with E-state index < -0.39 is 5.97 Å². The fourth-order valence-electron chi connectivity index (χ4n) is 3.07. The van der Waals surface area contributed by atoms with Crippen LogP contribution in [-0.2, 0) is 11.3 Å². The number of hydrogen-bond acceptors (Lipinski definition) is 5. The summed E-state index contributed by atoms with van der Waals surface area (Å²) in [5.41, 5.74) is 9.43. The first-order valence-electron chi connectivity index (χ1n) is 9.78. The molecule has 2 N–H and O–H groups in total. The lowest BCUT2D eigenvalue weighted by Crippen LogP contribution is -2.14. The van der Waals surface area contributed by atoms with Gasteiger partial charge in [0.05, 0.1) is 17.6 Å². The molecule has 3 aromatic rings. The molecule has 144 valence electrons. The predicted octanol–water partition coefficient (Wildman–Crippen LogP) is 4.56. The highest BCUT2D eigenvalue weighted by molar-refractivity contribution is 6.08. The second-order valence-electron chi connectivity index (χ2n) is 7.12. The first-order chi connectivity index (χ1) is 13.1. The molecule has 6 heteroatoms. The molecule has 0 unspecified atom stereocenters. The number of anilines is 1. The number of aromatic nitrogens is 3. The van der Waals surface area contributed by atoms with E-state index in [9.17, 15) is 4.79 Å². The molecular weight excluding hydrogens is 340 g/mol. The van der Waals surface area contributed by atoms with Crippen LogP contribution in [0.1, 0.15) is 56.8 Å². The summed E-state index contributed by atoms with van der Waals surface area (Å²) in [5.74, 6) is 0.280. The van der Waals surface area contributed by atoms with Gasteiger partial charge in [0.1, 0.15) is 16.9 Å². The van der Waals surface area contributed by atoms with E-state index in [1.165, 1.54) is 0 Å². The van der Waals surface area contributed by atoms with Crippen LogP contribution in [0.3, 0.4) is 0 Å². The molecule has 1 atom stereocenters. The van der Waals surface area contributed by atoms with Crippen LogP contribution in [0.4, 0.5) is 5.82 Å². The number of carbonyl (C=O) groups is 1. The monoisotopic (exact) mass is 368 g/mol. The minimum absolute atomic E-state index is 0.306. The predicted molar refractivity (Wildman–Crippen MR) is 109 cm³/mol. The Kier molecular flexibility index (Phi) is 5.94. The molecule has 3 rings (SSSR count). The third kappa shape index (κ3) is 3.89. The van der Waals surface area contributed by atoms with Crippen LogP contribution in [0.2, 0.25) is 0 Å². The van der Waals surface area contributed by atoms with Gasteiger partial charge in [0.15, 0.2) is 5.65 Å². The maximum atomic E-state index is 12.8. The van der Waals surface area contributed by atoms with Gasteiger partial charge in [-0.15, -0.1) is 0 Å². The van der Waals surface area contributed by atoms with Gasteiger partial charge in [-0.3, -0.25) is 0 Å². The fraction of sp³-hybridized carbons (Fsp3) is 0.476. The van der Waals surface area contributed by atoms with Crippen molar-refractivity contribution in [1.82, 2.24) is 14.5 Å². The summed E-state index contributed by atoms with van der Waals surface area (Å²) in [4.78, 5) is 22.2. The number of unbranched alkanes of at least 4 members (excludes halogenated alkanes) is 2. The van der Waals surface area contributed by atoms with Crippen molar-refractivity contribution in [2.24, 2.45) is 5.92 Å². The molecule has 6 nitrogen and oxygen atoms in total. The van der Waals surface area contributed by atoms with E-state index in [1.807, 2.05) is 28.8 Å². The number of nitrogens with two attached hydrogens (primary N) is 1. The minimum atomic E-state index is -0.420. The Bertz CT molecular complexity index is 948. The zero-order valence-electron chi connectivity index (χ0n) is 16.4. The molecule has 1 aromatic carbocycles. The second-order valence-corrected chi connectivity index (χ2v) is 7.12. The molecular formula is C21H28N4O2. The van der Waals surface area contributed by atoms with E-state index in [-0.39, 0.29) is 0 Å². The van der Waals surface area contributed by atoms with Gasteiger partial charge in [-0.05, 0) is 24.5 Å². The van der Waals surface area contributed by atoms with Crippen molar-refractivity contribution in [1.29, 1.82) is 0 Å². The molecule has 0 aliphatic carbocycles. The molecule has 0 radical (unpaired) electrons. The lowest BCUT2D eigenvalue weighted by Gasteiger charge is -2.10. The van der Waals surface area contributed by atoms with E-state index in [2.05, 4.69) is 20.8 Å². The number of aryl methyl sites for hydroxylation is 1. The van der Waals surface area contributed by atoms with Gasteiger partial charge in [-0.25, -0.2) is 14.8 Å². The number of nitrogen functional groups attached to an aromatic ring is 1. The number of ether oxygens (including phenoxy) is 1. The quantitative estimate of drug-likeness (QED) is 0.465. The van der Waals surface area contributed by atoms with Crippen LogP contribution in [-0.4, -0.2) is 27.1 Å². The van der Waals surface area contributed by atoms with Gasteiger partial charge in [-0.1, -0.05) is 52.2 Å². The highest BCUT2D eigenvalue weighted by Gasteiger charge is 2.25. The van der Waals surface area contributed by atoms with Crippen molar-refractivity contribution < 1.29 is 9.53 Å². The largest absolute Gasteiger partial charge is 0.462 e. The Hall–Kier alpha value is -2.63. The topological polar surface area (TPSA) is 83.0 Å². The number of carbonyl (C=O) groups excluding carboxylic acids is 1. The Morgan fingerprint density at radius 2 is 1.89 bits per heavy atom. The Morgan fingerprint density at radius 1 is 1.19 bits per heavy atom. The first kappa shape index (κ1) is 19.1. The number of benzene rings is 1. The van der Waals surface area contributed by atoms with Crippen LogP contribution in [0.15, 0.2) is 24.3 Å². The van der Waals surface area contributed by atoms with Gasteiger partial charge in [-0.2, -0.15) is 0 Å². The summed E-state index contributed by atoms with van der Waals surface area (Å²) in [6, 6.07) is 7.65. The molecule has 27 heavy (non-hydrogen) atoms. The molecule has 0 bridgehead atoms. The van der Waals surface area contributed by atoms with Crippen LogP contribution >= 0.6 is 0 Å². The van der Waals surface area contributed by atoms with E-state index in [0.29, 0.717) is 41.6 Å². The van der Waals surface area contributed by atoms with Crippen molar-refractivity contribution in [2.45, 2.75) is 53.0 Å². The summed E-state index contributed by atoms with van der Waals surface area (Å²) < 4.78 is 7.43. The van der Waals surface area contributed by atoms with Gasteiger partial charge >= 0.3 is 5.97 Å². The van der Waals surface area contributed by atoms with E-state index >= 15 is 0 Å². The molecule has 2 aromatic heterocycles. The first-order valence-corrected chi connectivity index (χ1v) is 9.78. The maximum Gasteiger partial charge on any atom is 0.344 e. The molecule has 0 spiro atoms. The van der Waals surface area contributed by atoms with Crippen LogP contribution in [0.25, 0.3) is 22.2 Å². The number of nitrogens with zero attached hydrogens (tertiary/aromatic N) is 3. The van der Waals surface area contributed by atoms with Crippen molar-refractivity contribution >= 4 is 34.0 Å². The number of para-hydroxylation sites is 2. The SMILES string of the molecule is CCCCCn1c(N)c(C(=O)OC[C@@H](C)CC)c2nc3ccccc3nc21. The van der Waals surface area contributed by atoms with Gasteiger partial charge < -0.3 is 15.0 Å². The lowest BCUT2D eigenvalue weighted by molar-refractivity contribution is 0.0450. The summed E-state index contributed by atoms with van der Waals surface area (Å²) in [6.07, 6.45) is 4.12. The Morgan fingerprint density at radius 3 is 2.56 bits per heavy atom. The van der Waals surface area contributed by atoms with Crippen molar-refractivity contribution in [2.75, 3.05) is 12.3 Å². The molecule has 0 amide bonds. The van der Waals surface area contributed by atoms with Crippen LogP contribution in [0.5, 0.6) is 0 Å². The normalized spacial score (nSPS) is 12.6. The maximum absolute atomic E-state index is 12.8. The van der Waals surface area contributed by atoms with E-state index in [4.69, 9.17) is 20.4 Å². The number of rotatable bonds is 8. The van der Waals surface area contributed by atoms with Crippen LogP contribution < -0.4 is 5.73 Å². The van der Waals surface area contributed by atoms with Crippen molar-refractivity contribution in [3.8, 4) is 0 Å². The fourth-order valence-corrected chi connectivity index (χ4v) is 3.07. The third-order valence-corrected chi connectivity index (χ3v) is 4.98. The van der Waals surface area contributed by atoms with E-state index in [0.717, 1.165) is 36.7 Å². The highest BCUT2D eigenvalue weighted by Crippen LogP contribution is 2.29. The molecule has 0 aliphatic rings. The summed E-state index contributed by atoms with van der Waals surface area (Å²) >= 11 is 0. The van der Waals surface area contributed by atoms with Gasteiger partial charge in [0.25, 0.3) is 0 Å². The molecule has 0 aliphatic heterocycles. The second kappa shape index (κ2) is 8.37.